The summed E-state index contributed by atoms with van der Waals surface area (Å²) in [7, 11) is 1.55. The number of carbonyl (C=O) groups excluding carboxylic acids is 1. The maximum absolute atomic E-state index is 12.3. The Kier molecular flexibility index (Phi) is 7.05. The molecule has 1 amide bonds. The molecule has 3 N–H and O–H groups in total. The number of hydrogen-bond acceptors (Lipinski definition) is 4. The van der Waals surface area contributed by atoms with Crippen LogP contribution in [0.15, 0.2) is 84.0 Å². The van der Waals surface area contributed by atoms with Crippen LogP contribution < -0.4 is 15.8 Å². The Bertz CT molecular complexity index is 965. The highest BCUT2D eigenvalue weighted by molar-refractivity contribution is 5.93. The van der Waals surface area contributed by atoms with Crippen LogP contribution >= 0.6 is 0 Å². The highest BCUT2D eigenvalue weighted by atomic mass is 16.6. The Balaban J connectivity index is 1.69. The largest absolute Gasteiger partial charge is 0.495 e. The summed E-state index contributed by atoms with van der Waals surface area (Å²) in [5, 5.41) is 6.79. The third-order valence-electron chi connectivity index (χ3n) is 4.56. The lowest BCUT2D eigenvalue weighted by molar-refractivity contribution is -0.120. The number of benzene rings is 3. The predicted octanol–water partition coefficient (Wildman–Crippen LogP) is 4.06. The molecule has 3 aromatic carbocycles. The standard InChI is InChI=1S/C24H25N3O3/c1-17-13-14-21(29-2)20(15-17)26-22(28)16-30-27-24(25)23(18-9-5-3-6-10-18)19-11-7-4-8-12-19/h3-15,23H,16H2,1-2H3,(H2,25,27)(H,26,28). The van der Waals surface area contributed by atoms with Crippen molar-refractivity contribution in [1.82, 2.24) is 0 Å². The van der Waals surface area contributed by atoms with Gasteiger partial charge in [0, 0.05) is 0 Å². The van der Waals surface area contributed by atoms with Crippen LogP contribution in [0.5, 0.6) is 5.75 Å². The van der Waals surface area contributed by atoms with Gasteiger partial charge in [-0.25, -0.2) is 0 Å². The first-order chi connectivity index (χ1) is 14.6. The molecule has 0 atom stereocenters. The van der Waals surface area contributed by atoms with Crippen molar-refractivity contribution in [1.29, 1.82) is 0 Å². The van der Waals surface area contributed by atoms with Crippen LogP contribution in [0.2, 0.25) is 0 Å². The molecule has 6 heteroatoms. The van der Waals surface area contributed by atoms with E-state index in [0.717, 1.165) is 16.7 Å². The van der Waals surface area contributed by atoms with Crippen LogP contribution in [0.4, 0.5) is 5.69 Å². The molecule has 0 aliphatic rings. The first kappa shape index (κ1) is 20.9. The van der Waals surface area contributed by atoms with E-state index in [4.69, 9.17) is 15.3 Å². The van der Waals surface area contributed by atoms with Gasteiger partial charge in [-0.15, -0.1) is 0 Å². The Labute approximate surface area is 176 Å². The van der Waals surface area contributed by atoms with E-state index >= 15 is 0 Å². The van der Waals surface area contributed by atoms with Gasteiger partial charge in [0.05, 0.1) is 18.7 Å². The molecule has 0 heterocycles. The van der Waals surface area contributed by atoms with E-state index in [0.29, 0.717) is 11.4 Å². The van der Waals surface area contributed by atoms with Crippen molar-refractivity contribution < 1.29 is 14.4 Å². The number of ether oxygens (including phenoxy) is 1. The third kappa shape index (κ3) is 5.38. The fourth-order valence-electron chi connectivity index (χ4n) is 3.15. The number of nitrogens with one attached hydrogen (secondary N) is 1. The number of oxime groups is 1. The number of rotatable bonds is 8. The highest BCUT2D eigenvalue weighted by Crippen LogP contribution is 2.26. The molecule has 0 aromatic heterocycles. The second kappa shape index (κ2) is 10.1. The summed E-state index contributed by atoms with van der Waals surface area (Å²) in [4.78, 5) is 17.5. The van der Waals surface area contributed by atoms with Crippen LogP contribution in [-0.2, 0) is 9.63 Å². The zero-order chi connectivity index (χ0) is 21.3. The van der Waals surface area contributed by atoms with E-state index in [2.05, 4.69) is 10.5 Å². The molecule has 0 bridgehead atoms. The Morgan fingerprint density at radius 2 is 1.60 bits per heavy atom. The molecule has 6 nitrogen and oxygen atoms in total. The summed E-state index contributed by atoms with van der Waals surface area (Å²) in [5.41, 5.74) is 9.82. The summed E-state index contributed by atoms with van der Waals surface area (Å²) >= 11 is 0. The molecule has 3 aromatic rings. The summed E-state index contributed by atoms with van der Waals surface area (Å²) in [6.45, 7) is 1.66. The lowest BCUT2D eigenvalue weighted by atomic mass is 9.90. The molecule has 3 rings (SSSR count). The van der Waals surface area contributed by atoms with Crippen molar-refractivity contribution in [2.45, 2.75) is 12.8 Å². The van der Waals surface area contributed by atoms with E-state index < -0.39 is 0 Å². The van der Waals surface area contributed by atoms with Crippen LogP contribution in [0, 0.1) is 6.92 Å². The molecule has 0 unspecified atom stereocenters. The van der Waals surface area contributed by atoms with Crippen molar-refractivity contribution in [3.8, 4) is 5.75 Å². The number of hydrogen-bond donors (Lipinski definition) is 2. The highest BCUT2D eigenvalue weighted by Gasteiger charge is 2.19. The van der Waals surface area contributed by atoms with Crippen molar-refractivity contribution in [2.24, 2.45) is 10.9 Å². The molecule has 0 saturated carbocycles. The summed E-state index contributed by atoms with van der Waals surface area (Å²) in [6, 6.07) is 25.1. The summed E-state index contributed by atoms with van der Waals surface area (Å²) in [6.07, 6.45) is 0. The molecule has 0 spiro atoms. The maximum Gasteiger partial charge on any atom is 0.265 e. The van der Waals surface area contributed by atoms with Crippen molar-refractivity contribution in [3.63, 3.8) is 0 Å². The number of methoxy groups -OCH3 is 1. The van der Waals surface area contributed by atoms with Crippen LogP contribution in [0.1, 0.15) is 22.6 Å². The van der Waals surface area contributed by atoms with Crippen LogP contribution in [0.25, 0.3) is 0 Å². The molecule has 0 fully saturated rings. The number of aryl methyl sites for hydroxylation is 1. The predicted molar refractivity (Wildman–Crippen MR) is 119 cm³/mol. The lowest BCUT2D eigenvalue weighted by Crippen LogP contribution is -2.24. The molecule has 0 saturated heterocycles. The Hall–Kier alpha value is -3.80. The number of amidine groups is 1. The first-order valence-electron chi connectivity index (χ1n) is 9.58. The van der Waals surface area contributed by atoms with E-state index in [1.54, 1.807) is 13.2 Å². The minimum Gasteiger partial charge on any atom is -0.495 e. The molecule has 0 aliphatic heterocycles. The first-order valence-corrected chi connectivity index (χ1v) is 9.58. The van der Waals surface area contributed by atoms with E-state index in [-0.39, 0.29) is 24.3 Å². The molecule has 0 radical (unpaired) electrons. The van der Waals surface area contributed by atoms with Crippen LogP contribution in [0.3, 0.4) is 0 Å². The average Bonchev–Trinajstić information content (AvgIpc) is 2.76. The molecule has 30 heavy (non-hydrogen) atoms. The quantitative estimate of drug-likeness (QED) is 0.337. The summed E-state index contributed by atoms with van der Waals surface area (Å²) in [5.74, 6) is 0.220. The minimum atomic E-state index is -0.355. The maximum atomic E-state index is 12.3. The van der Waals surface area contributed by atoms with Gasteiger partial charge in [-0.05, 0) is 35.7 Å². The number of anilines is 1. The van der Waals surface area contributed by atoms with Gasteiger partial charge in [-0.2, -0.15) is 0 Å². The van der Waals surface area contributed by atoms with E-state index in [1.165, 1.54) is 0 Å². The van der Waals surface area contributed by atoms with Gasteiger partial charge in [0.1, 0.15) is 5.75 Å². The lowest BCUT2D eigenvalue weighted by Gasteiger charge is -2.17. The number of nitrogens with two attached hydrogens (primary N) is 1. The summed E-state index contributed by atoms with van der Waals surface area (Å²) < 4.78 is 5.27. The zero-order valence-corrected chi connectivity index (χ0v) is 17.0. The van der Waals surface area contributed by atoms with E-state index in [9.17, 15) is 4.79 Å². The van der Waals surface area contributed by atoms with Gasteiger partial charge in [0.25, 0.3) is 5.91 Å². The molecular formula is C24H25N3O3. The van der Waals surface area contributed by atoms with Crippen LogP contribution in [-0.4, -0.2) is 25.5 Å². The average molecular weight is 403 g/mol. The smallest absolute Gasteiger partial charge is 0.265 e. The van der Waals surface area contributed by atoms with Crippen molar-refractivity contribution in [2.75, 3.05) is 19.0 Å². The monoisotopic (exact) mass is 403 g/mol. The second-order valence-electron chi connectivity index (χ2n) is 6.80. The molecule has 154 valence electrons. The number of nitrogens with zero attached hydrogens (tertiary/aromatic N) is 1. The van der Waals surface area contributed by atoms with Gasteiger partial charge < -0.3 is 20.6 Å². The van der Waals surface area contributed by atoms with Crippen molar-refractivity contribution in [3.05, 3.63) is 95.6 Å². The Morgan fingerprint density at radius 3 is 2.17 bits per heavy atom. The SMILES string of the molecule is COc1ccc(C)cc1NC(=O)CO/N=C(/N)C(c1ccccc1)c1ccccc1. The Morgan fingerprint density at radius 1 is 1.00 bits per heavy atom. The third-order valence-corrected chi connectivity index (χ3v) is 4.56. The second-order valence-corrected chi connectivity index (χ2v) is 6.80. The molecule has 0 aliphatic carbocycles. The van der Waals surface area contributed by atoms with Gasteiger partial charge in [0.15, 0.2) is 12.4 Å². The topological polar surface area (TPSA) is 85.9 Å². The number of amides is 1. The molecular weight excluding hydrogens is 378 g/mol. The van der Waals surface area contributed by atoms with E-state index in [1.807, 2.05) is 79.7 Å². The number of carbonyl (C=O) groups is 1. The normalized spacial score (nSPS) is 11.2. The fraction of sp³-hybridized carbons (Fsp3) is 0.167. The van der Waals surface area contributed by atoms with Gasteiger partial charge in [-0.3, -0.25) is 4.79 Å². The zero-order valence-electron chi connectivity index (χ0n) is 17.0. The van der Waals surface area contributed by atoms with Gasteiger partial charge in [-0.1, -0.05) is 71.9 Å². The minimum absolute atomic E-state index is 0.270. The fourth-order valence-corrected chi connectivity index (χ4v) is 3.15. The van der Waals surface area contributed by atoms with Crippen molar-refractivity contribution >= 4 is 17.4 Å². The van der Waals surface area contributed by atoms with Gasteiger partial charge in [0.2, 0.25) is 0 Å². The van der Waals surface area contributed by atoms with Gasteiger partial charge >= 0.3 is 0 Å².